The van der Waals surface area contributed by atoms with E-state index < -0.39 is 0 Å². The molecule has 0 aliphatic carbocycles. The lowest BCUT2D eigenvalue weighted by Crippen LogP contribution is -2.36. The molecule has 0 saturated heterocycles. The second kappa shape index (κ2) is 8.06. The van der Waals surface area contributed by atoms with Crippen molar-refractivity contribution in [3.05, 3.63) is 77.7 Å². The van der Waals surface area contributed by atoms with E-state index in [-0.39, 0.29) is 11.9 Å². The van der Waals surface area contributed by atoms with E-state index in [1.165, 1.54) is 0 Å². The van der Waals surface area contributed by atoms with Gasteiger partial charge in [0.25, 0.3) is 5.91 Å². The van der Waals surface area contributed by atoms with Gasteiger partial charge in [-0.2, -0.15) is 5.10 Å². The normalized spacial score (nSPS) is 11.2. The molecule has 1 aromatic carbocycles. The van der Waals surface area contributed by atoms with Crippen LogP contribution in [0, 0.1) is 6.92 Å². The van der Waals surface area contributed by atoms with Crippen LogP contribution in [0.4, 0.5) is 0 Å². The molecule has 1 amide bonds. The zero-order valence-corrected chi connectivity index (χ0v) is 17.7. The maximum absolute atomic E-state index is 13.8. The smallest absolute Gasteiger partial charge is 0.255 e. The summed E-state index contributed by atoms with van der Waals surface area (Å²) in [5, 5.41) is 5.33. The maximum atomic E-state index is 13.8. The van der Waals surface area contributed by atoms with Crippen molar-refractivity contribution in [3.63, 3.8) is 0 Å². The van der Waals surface area contributed by atoms with E-state index in [1.807, 2.05) is 87.3 Å². The highest BCUT2D eigenvalue weighted by atomic mass is 16.2. The van der Waals surface area contributed by atoms with E-state index >= 15 is 0 Å². The highest BCUT2D eigenvalue weighted by Gasteiger charge is 2.25. The molecular weight excluding hydrogens is 374 g/mol. The van der Waals surface area contributed by atoms with E-state index in [0.717, 1.165) is 28.0 Å². The molecule has 0 unspecified atom stereocenters. The molecule has 0 saturated carbocycles. The van der Waals surface area contributed by atoms with Crippen LogP contribution in [0.25, 0.3) is 22.3 Å². The third-order valence-corrected chi connectivity index (χ3v) is 5.21. The fourth-order valence-electron chi connectivity index (χ4n) is 3.68. The van der Waals surface area contributed by atoms with Crippen LogP contribution in [0.5, 0.6) is 0 Å². The monoisotopic (exact) mass is 399 g/mol. The lowest BCUT2D eigenvalue weighted by molar-refractivity contribution is 0.0690. The Hall–Kier alpha value is -3.54. The lowest BCUT2D eigenvalue weighted by Gasteiger charge is -2.27. The number of aryl methyl sites for hydroxylation is 2. The van der Waals surface area contributed by atoms with Crippen LogP contribution < -0.4 is 0 Å². The average molecular weight is 399 g/mol. The number of aromatic nitrogens is 4. The third kappa shape index (κ3) is 3.68. The summed E-state index contributed by atoms with van der Waals surface area (Å²) in [5.74, 6) is -0.0451. The van der Waals surface area contributed by atoms with Gasteiger partial charge in [0.1, 0.15) is 0 Å². The Bertz CT molecular complexity index is 1180. The minimum atomic E-state index is -0.0451. The lowest BCUT2D eigenvalue weighted by atomic mass is 10.0. The van der Waals surface area contributed by atoms with Crippen molar-refractivity contribution in [1.82, 2.24) is 24.6 Å². The number of carbonyl (C=O) groups excluding carboxylic acids is 1. The minimum absolute atomic E-state index is 0.0138. The van der Waals surface area contributed by atoms with Gasteiger partial charge in [-0.05, 0) is 39.0 Å². The van der Waals surface area contributed by atoms with Gasteiger partial charge in [0.05, 0.1) is 34.6 Å². The van der Waals surface area contributed by atoms with Crippen molar-refractivity contribution < 1.29 is 4.79 Å². The summed E-state index contributed by atoms with van der Waals surface area (Å²) >= 11 is 0. The van der Waals surface area contributed by atoms with Crippen molar-refractivity contribution in [1.29, 1.82) is 0 Å². The highest BCUT2D eigenvalue weighted by Crippen LogP contribution is 2.28. The number of benzene rings is 1. The van der Waals surface area contributed by atoms with Crippen LogP contribution in [0.2, 0.25) is 0 Å². The Labute approximate surface area is 176 Å². The Kier molecular flexibility index (Phi) is 5.31. The first kappa shape index (κ1) is 19.8. The zero-order chi connectivity index (χ0) is 21.3. The van der Waals surface area contributed by atoms with Gasteiger partial charge in [-0.15, -0.1) is 0 Å². The Balaban J connectivity index is 1.86. The van der Waals surface area contributed by atoms with Gasteiger partial charge in [-0.3, -0.25) is 14.5 Å². The number of amides is 1. The van der Waals surface area contributed by atoms with Gasteiger partial charge in [-0.1, -0.05) is 36.4 Å². The first-order valence-electron chi connectivity index (χ1n) is 10.1. The van der Waals surface area contributed by atoms with Gasteiger partial charge in [0, 0.05) is 24.8 Å². The maximum Gasteiger partial charge on any atom is 0.255 e. The molecule has 0 N–H and O–H groups in total. The molecule has 3 aromatic heterocycles. The van der Waals surface area contributed by atoms with Gasteiger partial charge >= 0.3 is 0 Å². The van der Waals surface area contributed by atoms with Gasteiger partial charge in [-0.25, -0.2) is 4.98 Å². The number of fused-ring (bicyclic) bond motifs is 1. The van der Waals surface area contributed by atoms with Crippen LogP contribution in [0.15, 0.2) is 60.8 Å². The van der Waals surface area contributed by atoms with Crippen LogP contribution in [-0.4, -0.2) is 36.6 Å². The summed E-state index contributed by atoms with van der Waals surface area (Å²) < 4.78 is 1.74. The first-order valence-corrected chi connectivity index (χ1v) is 10.1. The molecule has 0 fully saturated rings. The molecule has 3 heterocycles. The Morgan fingerprint density at radius 2 is 1.83 bits per heavy atom. The van der Waals surface area contributed by atoms with E-state index in [4.69, 9.17) is 4.98 Å². The zero-order valence-electron chi connectivity index (χ0n) is 17.7. The number of hydrogen-bond donors (Lipinski definition) is 0. The molecule has 0 radical (unpaired) electrons. The number of hydrogen-bond acceptors (Lipinski definition) is 4. The molecule has 0 atom stereocenters. The molecule has 6 heteroatoms. The van der Waals surface area contributed by atoms with Crippen LogP contribution >= 0.6 is 0 Å². The molecule has 0 bridgehead atoms. The number of pyridine rings is 2. The Morgan fingerprint density at radius 3 is 2.50 bits per heavy atom. The van der Waals surface area contributed by atoms with Crippen LogP contribution in [0.3, 0.4) is 0 Å². The first-order chi connectivity index (χ1) is 14.5. The second-order valence-electron chi connectivity index (χ2n) is 7.68. The summed E-state index contributed by atoms with van der Waals surface area (Å²) in [7, 11) is 1.86. The van der Waals surface area contributed by atoms with Crippen LogP contribution in [0.1, 0.15) is 35.6 Å². The summed E-state index contributed by atoms with van der Waals surface area (Å²) in [5.41, 5.74) is 4.71. The highest BCUT2D eigenvalue weighted by molar-refractivity contribution is 6.07. The molecule has 0 spiro atoms. The molecule has 152 valence electrons. The largest absolute Gasteiger partial charge is 0.330 e. The Morgan fingerprint density at radius 1 is 1.10 bits per heavy atom. The van der Waals surface area contributed by atoms with Gasteiger partial charge < -0.3 is 4.90 Å². The molecule has 0 aliphatic heterocycles. The van der Waals surface area contributed by atoms with E-state index in [9.17, 15) is 4.79 Å². The summed E-state index contributed by atoms with van der Waals surface area (Å²) in [6.07, 6.45) is 1.75. The molecule has 30 heavy (non-hydrogen) atoms. The fourth-order valence-corrected chi connectivity index (χ4v) is 3.68. The SMILES string of the molecule is Cc1nn(C)c2nc(-c3ccccc3)cc(C(=O)N(Cc3ccccn3)C(C)C)c12. The van der Waals surface area contributed by atoms with Crippen molar-refractivity contribution >= 4 is 16.9 Å². The van der Waals surface area contributed by atoms with E-state index in [0.29, 0.717) is 17.8 Å². The fraction of sp³-hybridized carbons (Fsp3) is 0.250. The third-order valence-electron chi connectivity index (χ3n) is 5.21. The van der Waals surface area contributed by atoms with Crippen LogP contribution in [-0.2, 0) is 13.6 Å². The molecule has 6 nitrogen and oxygen atoms in total. The minimum Gasteiger partial charge on any atom is -0.330 e. The summed E-state index contributed by atoms with van der Waals surface area (Å²) in [4.78, 5) is 24.8. The number of nitrogens with zero attached hydrogens (tertiary/aromatic N) is 5. The molecule has 0 aliphatic rings. The van der Waals surface area contributed by atoms with Crippen molar-refractivity contribution in [2.75, 3.05) is 0 Å². The predicted octanol–water partition coefficient (Wildman–Crippen LogP) is 4.39. The summed E-state index contributed by atoms with van der Waals surface area (Å²) in [6, 6.07) is 17.6. The molecular formula is C24H25N5O. The topological polar surface area (TPSA) is 63.9 Å². The van der Waals surface area contributed by atoms with E-state index in [2.05, 4.69) is 10.1 Å². The van der Waals surface area contributed by atoms with Gasteiger partial charge in [0.15, 0.2) is 5.65 Å². The second-order valence-corrected chi connectivity index (χ2v) is 7.68. The van der Waals surface area contributed by atoms with E-state index in [1.54, 1.807) is 10.9 Å². The van der Waals surface area contributed by atoms with Crippen molar-refractivity contribution in [3.8, 4) is 11.3 Å². The quantitative estimate of drug-likeness (QED) is 0.499. The predicted molar refractivity (Wildman–Crippen MR) is 118 cm³/mol. The van der Waals surface area contributed by atoms with Crippen molar-refractivity contribution in [2.24, 2.45) is 7.05 Å². The standard InChI is InChI=1S/C24H25N5O/c1-16(2)29(15-19-12-8-9-13-25-19)24(30)20-14-21(18-10-6-5-7-11-18)26-23-22(20)17(3)27-28(23)4/h5-14,16H,15H2,1-4H3. The average Bonchev–Trinajstić information content (AvgIpc) is 3.05. The molecule has 4 aromatic rings. The number of carbonyl (C=O) groups is 1. The summed E-state index contributed by atoms with van der Waals surface area (Å²) in [6.45, 7) is 6.41. The van der Waals surface area contributed by atoms with Gasteiger partial charge in [0.2, 0.25) is 0 Å². The number of rotatable bonds is 5. The molecule has 4 rings (SSSR count). The van der Waals surface area contributed by atoms with Crippen molar-refractivity contribution in [2.45, 2.75) is 33.4 Å².